The van der Waals surface area contributed by atoms with Gasteiger partial charge in [0, 0.05) is 37.0 Å². The predicted molar refractivity (Wildman–Crippen MR) is 88.1 cm³/mol. The number of rotatable bonds is 4. The van der Waals surface area contributed by atoms with E-state index in [1.807, 2.05) is 35.2 Å². The Morgan fingerprint density at radius 1 is 1.27 bits per heavy atom. The van der Waals surface area contributed by atoms with Gasteiger partial charge in [0.1, 0.15) is 0 Å². The number of benzene rings is 1. The Morgan fingerprint density at radius 3 is 2.77 bits per heavy atom. The number of nitrogens with two attached hydrogens (primary N) is 1. The maximum Gasteiger partial charge on any atom is 0.264 e. The van der Waals surface area contributed by atoms with Crippen LogP contribution in [0.4, 0.5) is 0 Å². The maximum atomic E-state index is 12.6. The lowest BCUT2D eigenvalue weighted by atomic mass is 9.95. The normalized spacial score (nSPS) is 21.3. The molecule has 1 aliphatic heterocycles. The Balaban J connectivity index is 1.72. The fourth-order valence-corrected chi connectivity index (χ4v) is 3.86. The number of ether oxygens (including phenoxy) is 1. The van der Waals surface area contributed by atoms with Crippen LogP contribution in [0.25, 0.3) is 0 Å². The van der Waals surface area contributed by atoms with Crippen LogP contribution in [0, 0.1) is 0 Å². The van der Waals surface area contributed by atoms with Gasteiger partial charge in [-0.25, -0.2) is 0 Å². The minimum atomic E-state index is -0.00948. The van der Waals surface area contributed by atoms with Crippen molar-refractivity contribution in [3.8, 4) is 0 Å². The molecule has 1 fully saturated rings. The largest absolute Gasteiger partial charge is 0.379 e. The van der Waals surface area contributed by atoms with Gasteiger partial charge in [0.15, 0.2) is 0 Å². The van der Waals surface area contributed by atoms with E-state index in [9.17, 15) is 4.79 Å². The number of hydrogen-bond acceptors (Lipinski definition) is 4. The van der Waals surface area contributed by atoms with Crippen LogP contribution in [0.2, 0.25) is 0 Å². The second kappa shape index (κ2) is 6.60. The summed E-state index contributed by atoms with van der Waals surface area (Å²) in [6.45, 7) is 1.83. The van der Waals surface area contributed by atoms with E-state index in [0.717, 1.165) is 9.75 Å². The third kappa shape index (κ3) is 3.06. The number of amides is 1. The van der Waals surface area contributed by atoms with Gasteiger partial charge in [-0.3, -0.25) is 4.79 Å². The molecule has 2 atom stereocenters. The Hall–Kier alpha value is -1.69. The number of thiophene rings is 1. The number of carbonyl (C=O) groups excluding carboxylic acids is 1. The van der Waals surface area contributed by atoms with Gasteiger partial charge in [0.25, 0.3) is 5.91 Å². The lowest BCUT2D eigenvalue weighted by molar-refractivity contribution is 0.0794. The Kier molecular flexibility index (Phi) is 4.57. The van der Waals surface area contributed by atoms with Gasteiger partial charge >= 0.3 is 0 Å². The average Bonchev–Trinajstić information content (AvgIpc) is 3.15. The van der Waals surface area contributed by atoms with Crippen molar-refractivity contribution in [3.63, 3.8) is 0 Å². The van der Waals surface area contributed by atoms with Crippen LogP contribution in [0.15, 0.2) is 42.5 Å². The molecule has 5 heteroatoms. The molecule has 1 saturated heterocycles. The first kappa shape index (κ1) is 15.2. The summed E-state index contributed by atoms with van der Waals surface area (Å²) < 4.78 is 5.10. The molecular weight excluding hydrogens is 296 g/mol. The summed E-state index contributed by atoms with van der Waals surface area (Å²) in [6, 6.07) is 14.0. The molecule has 0 saturated carbocycles. The minimum Gasteiger partial charge on any atom is -0.379 e. The van der Waals surface area contributed by atoms with Crippen molar-refractivity contribution in [3.05, 3.63) is 57.8 Å². The fraction of sp³-hybridized carbons (Fsp3) is 0.353. The highest BCUT2D eigenvalue weighted by molar-refractivity contribution is 7.14. The highest BCUT2D eigenvalue weighted by atomic mass is 32.1. The average molecular weight is 316 g/mol. The fourth-order valence-electron chi connectivity index (χ4n) is 2.92. The summed E-state index contributed by atoms with van der Waals surface area (Å²) >= 11 is 1.49. The summed E-state index contributed by atoms with van der Waals surface area (Å²) in [4.78, 5) is 16.3. The molecule has 0 spiro atoms. The Labute approximate surface area is 134 Å². The molecular formula is C17H20N2O2S. The molecule has 0 unspecified atom stereocenters. The summed E-state index contributed by atoms with van der Waals surface area (Å²) in [5.41, 5.74) is 7.46. The van der Waals surface area contributed by atoms with E-state index in [0.29, 0.717) is 19.7 Å². The van der Waals surface area contributed by atoms with E-state index in [-0.39, 0.29) is 17.9 Å². The van der Waals surface area contributed by atoms with Crippen molar-refractivity contribution in [1.29, 1.82) is 0 Å². The quantitative estimate of drug-likeness (QED) is 0.943. The van der Waals surface area contributed by atoms with Crippen LogP contribution in [0.3, 0.4) is 0 Å². The summed E-state index contributed by atoms with van der Waals surface area (Å²) in [7, 11) is 1.66. The van der Waals surface area contributed by atoms with Crippen molar-refractivity contribution < 1.29 is 9.53 Å². The number of nitrogens with zero attached hydrogens (tertiary/aromatic N) is 1. The van der Waals surface area contributed by atoms with Crippen molar-refractivity contribution in [2.75, 3.05) is 20.2 Å². The van der Waals surface area contributed by atoms with E-state index in [4.69, 9.17) is 10.5 Å². The Morgan fingerprint density at radius 2 is 2.05 bits per heavy atom. The molecule has 116 valence electrons. The molecule has 1 aliphatic rings. The first-order valence-electron chi connectivity index (χ1n) is 7.36. The maximum absolute atomic E-state index is 12.6. The van der Waals surface area contributed by atoms with E-state index in [2.05, 4.69) is 12.1 Å². The molecule has 4 nitrogen and oxygen atoms in total. The van der Waals surface area contributed by atoms with Crippen LogP contribution in [0.5, 0.6) is 0 Å². The number of carbonyl (C=O) groups is 1. The molecule has 0 aliphatic carbocycles. The third-order valence-electron chi connectivity index (χ3n) is 4.04. The van der Waals surface area contributed by atoms with E-state index in [1.165, 1.54) is 16.9 Å². The lowest BCUT2D eigenvalue weighted by Crippen LogP contribution is -2.31. The molecule has 2 heterocycles. The molecule has 1 aromatic carbocycles. The monoisotopic (exact) mass is 316 g/mol. The van der Waals surface area contributed by atoms with E-state index < -0.39 is 0 Å². The minimum absolute atomic E-state index is 0.00948. The van der Waals surface area contributed by atoms with Crippen LogP contribution >= 0.6 is 11.3 Å². The van der Waals surface area contributed by atoms with Gasteiger partial charge in [-0.2, -0.15) is 0 Å². The van der Waals surface area contributed by atoms with Gasteiger partial charge in [0.2, 0.25) is 0 Å². The van der Waals surface area contributed by atoms with Crippen LogP contribution < -0.4 is 5.73 Å². The van der Waals surface area contributed by atoms with Gasteiger partial charge < -0.3 is 15.4 Å². The second-order valence-corrected chi connectivity index (χ2v) is 6.76. The molecule has 0 bridgehead atoms. The predicted octanol–water partition coefficient (Wildman–Crippen LogP) is 2.46. The van der Waals surface area contributed by atoms with Gasteiger partial charge in [-0.15, -0.1) is 11.3 Å². The highest BCUT2D eigenvalue weighted by Gasteiger charge is 2.34. The second-order valence-electron chi connectivity index (χ2n) is 5.59. The molecule has 1 aromatic heterocycles. The zero-order valence-electron chi connectivity index (χ0n) is 12.6. The van der Waals surface area contributed by atoms with E-state index in [1.54, 1.807) is 7.11 Å². The zero-order valence-corrected chi connectivity index (χ0v) is 13.4. The smallest absolute Gasteiger partial charge is 0.264 e. The van der Waals surface area contributed by atoms with Crippen LogP contribution in [-0.4, -0.2) is 37.0 Å². The lowest BCUT2D eigenvalue weighted by Gasteiger charge is -2.15. The van der Waals surface area contributed by atoms with Crippen molar-refractivity contribution in [1.82, 2.24) is 4.90 Å². The third-order valence-corrected chi connectivity index (χ3v) is 5.09. The van der Waals surface area contributed by atoms with Crippen molar-refractivity contribution >= 4 is 17.2 Å². The first-order valence-corrected chi connectivity index (χ1v) is 8.18. The van der Waals surface area contributed by atoms with Gasteiger partial charge in [-0.1, -0.05) is 30.3 Å². The van der Waals surface area contributed by atoms with Gasteiger partial charge in [-0.05, 0) is 17.7 Å². The molecule has 22 heavy (non-hydrogen) atoms. The van der Waals surface area contributed by atoms with Gasteiger partial charge in [0.05, 0.1) is 11.5 Å². The van der Waals surface area contributed by atoms with Crippen LogP contribution in [0.1, 0.15) is 26.0 Å². The molecule has 2 N–H and O–H groups in total. The highest BCUT2D eigenvalue weighted by Crippen LogP contribution is 2.28. The SMILES string of the molecule is COCc1ccc(C(=O)N2C[C@H](c3ccccc3)[C@@H](N)C2)s1. The Bertz CT molecular complexity index is 641. The number of likely N-dealkylation sites (tertiary alicyclic amines) is 1. The van der Waals surface area contributed by atoms with Crippen molar-refractivity contribution in [2.45, 2.75) is 18.6 Å². The standard InChI is InChI=1S/C17H20N2O2S/c1-21-11-13-7-8-16(22-13)17(20)19-9-14(15(18)10-19)12-5-3-2-4-6-12/h2-8,14-15H,9-11,18H2,1H3/t14-,15+/m1/s1. The molecule has 2 aromatic rings. The molecule has 1 amide bonds. The van der Waals surface area contributed by atoms with E-state index >= 15 is 0 Å². The summed E-state index contributed by atoms with van der Waals surface area (Å²) in [5, 5.41) is 0. The molecule has 0 radical (unpaired) electrons. The summed E-state index contributed by atoms with van der Waals surface area (Å²) in [5.74, 6) is 0.282. The number of hydrogen-bond donors (Lipinski definition) is 1. The first-order chi connectivity index (χ1) is 10.7. The number of methoxy groups -OCH3 is 1. The zero-order chi connectivity index (χ0) is 15.5. The summed E-state index contributed by atoms with van der Waals surface area (Å²) in [6.07, 6.45) is 0. The molecule has 3 rings (SSSR count). The topological polar surface area (TPSA) is 55.6 Å². The van der Waals surface area contributed by atoms with Crippen LogP contribution in [-0.2, 0) is 11.3 Å². The van der Waals surface area contributed by atoms with Crippen molar-refractivity contribution in [2.24, 2.45) is 5.73 Å².